The summed E-state index contributed by atoms with van der Waals surface area (Å²) in [6.45, 7) is 1.87. The van der Waals surface area contributed by atoms with Gasteiger partial charge in [-0.05, 0) is 22.3 Å². The highest BCUT2D eigenvalue weighted by molar-refractivity contribution is 8.14. The zero-order chi connectivity index (χ0) is 12.7. The lowest BCUT2D eigenvalue weighted by Gasteiger charge is -2.13. The molecule has 0 spiro atoms. The molecule has 0 fully saturated rings. The van der Waals surface area contributed by atoms with E-state index >= 15 is 0 Å². The number of hydrogen-bond acceptors (Lipinski definition) is 3. The Bertz CT molecular complexity index is 618. The van der Waals surface area contributed by atoms with Crippen molar-refractivity contribution in [3.63, 3.8) is 0 Å². The zero-order valence-electron chi connectivity index (χ0n) is 10.5. The fourth-order valence-corrected chi connectivity index (χ4v) is 4.04. The van der Waals surface area contributed by atoms with Gasteiger partial charge in [-0.25, -0.2) is 0 Å². The Morgan fingerprint density at radius 2 is 1.58 bits per heavy atom. The molecule has 2 nitrogen and oxygen atoms in total. The molecular formula is C16H14N2S. The third-order valence-corrected chi connectivity index (χ3v) is 4.89. The van der Waals surface area contributed by atoms with Crippen LogP contribution in [0.3, 0.4) is 0 Å². The van der Waals surface area contributed by atoms with Crippen LogP contribution < -0.4 is 5.32 Å². The van der Waals surface area contributed by atoms with E-state index in [9.17, 15) is 0 Å². The van der Waals surface area contributed by atoms with Crippen molar-refractivity contribution in [2.75, 3.05) is 13.1 Å². The predicted octanol–water partition coefficient (Wildman–Crippen LogP) is 3.45. The SMILES string of the molecule is c1ccc2c(c1)-c1ccccc1C2SC1=NCCN1. The second-order valence-corrected chi connectivity index (χ2v) is 5.88. The van der Waals surface area contributed by atoms with Gasteiger partial charge in [0.25, 0.3) is 0 Å². The molecule has 1 aliphatic heterocycles. The number of nitrogens with one attached hydrogen (secondary N) is 1. The minimum absolute atomic E-state index is 0.372. The van der Waals surface area contributed by atoms with Crippen LogP contribution in [0.1, 0.15) is 16.4 Å². The van der Waals surface area contributed by atoms with Crippen molar-refractivity contribution in [2.24, 2.45) is 4.99 Å². The van der Waals surface area contributed by atoms with Gasteiger partial charge >= 0.3 is 0 Å². The molecule has 1 aliphatic carbocycles. The molecule has 94 valence electrons. The smallest absolute Gasteiger partial charge is 0.157 e. The highest BCUT2D eigenvalue weighted by atomic mass is 32.2. The van der Waals surface area contributed by atoms with Crippen LogP contribution in [0.25, 0.3) is 11.1 Å². The van der Waals surface area contributed by atoms with Crippen molar-refractivity contribution in [3.8, 4) is 11.1 Å². The summed E-state index contributed by atoms with van der Waals surface area (Å²) >= 11 is 1.84. The first-order valence-electron chi connectivity index (χ1n) is 6.57. The predicted molar refractivity (Wildman–Crippen MR) is 81.6 cm³/mol. The molecular weight excluding hydrogens is 252 g/mol. The summed E-state index contributed by atoms with van der Waals surface area (Å²) in [5, 5.41) is 4.81. The van der Waals surface area contributed by atoms with E-state index in [4.69, 9.17) is 0 Å². The number of amidine groups is 1. The van der Waals surface area contributed by atoms with E-state index in [1.54, 1.807) is 0 Å². The summed E-state index contributed by atoms with van der Waals surface area (Å²) in [5.74, 6) is 0. The van der Waals surface area contributed by atoms with E-state index in [0.717, 1.165) is 18.3 Å². The summed E-state index contributed by atoms with van der Waals surface area (Å²) in [7, 11) is 0. The van der Waals surface area contributed by atoms with E-state index in [1.807, 2.05) is 11.8 Å². The topological polar surface area (TPSA) is 24.4 Å². The van der Waals surface area contributed by atoms with Crippen molar-refractivity contribution < 1.29 is 0 Å². The van der Waals surface area contributed by atoms with Gasteiger partial charge in [0.1, 0.15) is 0 Å². The second-order valence-electron chi connectivity index (χ2n) is 4.79. The molecule has 0 saturated carbocycles. The van der Waals surface area contributed by atoms with Crippen LogP contribution in [-0.4, -0.2) is 18.3 Å². The Balaban J connectivity index is 1.81. The first kappa shape index (κ1) is 11.1. The van der Waals surface area contributed by atoms with Crippen molar-refractivity contribution in [1.82, 2.24) is 5.32 Å². The molecule has 4 rings (SSSR count). The van der Waals surface area contributed by atoms with Crippen LogP contribution in [0, 0.1) is 0 Å². The molecule has 0 radical (unpaired) electrons. The van der Waals surface area contributed by atoms with Crippen molar-refractivity contribution in [2.45, 2.75) is 5.25 Å². The van der Waals surface area contributed by atoms with Gasteiger partial charge in [0.2, 0.25) is 0 Å². The quantitative estimate of drug-likeness (QED) is 0.855. The van der Waals surface area contributed by atoms with Crippen LogP contribution in [0.15, 0.2) is 53.5 Å². The van der Waals surface area contributed by atoms with Crippen molar-refractivity contribution >= 4 is 16.9 Å². The fourth-order valence-electron chi connectivity index (χ4n) is 2.80. The number of hydrogen-bond donors (Lipinski definition) is 1. The first-order chi connectivity index (χ1) is 9.43. The lowest BCUT2D eigenvalue weighted by atomic mass is 10.1. The van der Waals surface area contributed by atoms with Crippen molar-refractivity contribution in [1.29, 1.82) is 0 Å². The monoisotopic (exact) mass is 266 g/mol. The lowest BCUT2D eigenvalue weighted by molar-refractivity contribution is 0.963. The summed E-state index contributed by atoms with van der Waals surface area (Å²) in [6.07, 6.45) is 0. The molecule has 3 heteroatoms. The molecule has 1 N–H and O–H groups in total. The van der Waals surface area contributed by atoms with Gasteiger partial charge in [-0.1, -0.05) is 60.3 Å². The average molecular weight is 266 g/mol. The molecule has 2 aromatic rings. The molecule has 0 saturated heterocycles. The summed E-state index contributed by atoms with van der Waals surface area (Å²) < 4.78 is 0. The van der Waals surface area contributed by atoms with Crippen LogP contribution in [0.2, 0.25) is 0 Å². The second kappa shape index (κ2) is 4.42. The van der Waals surface area contributed by atoms with E-state index in [-0.39, 0.29) is 0 Å². The molecule has 0 amide bonds. The van der Waals surface area contributed by atoms with Gasteiger partial charge in [-0.15, -0.1) is 0 Å². The minimum atomic E-state index is 0.372. The average Bonchev–Trinajstić information content (AvgIpc) is 3.08. The Morgan fingerprint density at radius 1 is 0.947 bits per heavy atom. The lowest BCUT2D eigenvalue weighted by Crippen LogP contribution is -2.16. The fraction of sp³-hybridized carbons (Fsp3) is 0.188. The van der Waals surface area contributed by atoms with Crippen LogP contribution in [-0.2, 0) is 0 Å². The van der Waals surface area contributed by atoms with Gasteiger partial charge in [0, 0.05) is 6.54 Å². The molecule has 2 aliphatic rings. The van der Waals surface area contributed by atoms with Gasteiger partial charge in [0.05, 0.1) is 11.8 Å². The van der Waals surface area contributed by atoms with Gasteiger partial charge in [-0.2, -0.15) is 0 Å². The molecule has 1 heterocycles. The minimum Gasteiger partial charge on any atom is -0.363 e. The van der Waals surface area contributed by atoms with Gasteiger partial charge in [-0.3, -0.25) is 4.99 Å². The molecule has 0 unspecified atom stereocenters. The Morgan fingerprint density at radius 3 is 2.16 bits per heavy atom. The normalized spacial score (nSPS) is 16.7. The highest BCUT2D eigenvalue weighted by Gasteiger charge is 2.30. The number of nitrogens with zero attached hydrogens (tertiary/aromatic N) is 1. The molecule has 2 aromatic carbocycles. The largest absolute Gasteiger partial charge is 0.363 e. The summed E-state index contributed by atoms with van der Waals surface area (Å²) in [4.78, 5) is 4.51. The summed E-state index contributed by atoms with van der Waals surface area (Å²) in [6, 6.07) is 17.4. The van der Waals surface area contributed by atoms with E-state index in [1.165, 1.54) is 22.3 Å². The first-order valence-corrected chi connectivity index (χ1v) is 7.44. The number of aliphatic imine (C=N–C) groups is 1. The molecule has 19 heavy (non-hydrogen) atoms. The zero-order valence-corrected chi connectivity index (χ0v) is 11.3. The number of rotatable bonds is 1. The summed E-state index contributed by atoms with van der Waals surface area (Å²) in [5.41, 5.74) is 5.55. The van der Waals surface area contributed by atoms with E-state index in [0.29, 0.717) is 5.25 Å². The number of thioether (sulfide) groups is 1. The maximum atomic E-state index is 4.51. The van der Waals surface area contributed by atoms with E-state index in [2.05, 4.69) is 58.8 Å². The molecule has 0 atom stereocenters. The molecule has 0 aromatic heterocycles. The van der Waals surface area contributed by atoms with Crippen LogP contribution in [0.4, 0.5) is 0 Å². The van der Waals surface area contributed by atoms with Gasteiger partial charge in [0.15, 0.2) is 5.17 Å². The molecule has 0 bridgehead atoms. The third-order valence-electron chi connectivity index (χ3n) is 3.65. The van der Waals surface area contributed by atoms with Crippen molar-refractivity contribution in [3.05, 3.63) is 59.7 Å². The number of benzene rings is 2. The van der Waals surface area contributed by atoms with Gasteiger partial charge < -0.3 is 5.32 Å². The highest BCUT2D eigenvalue weighted by Crippen LogP contribution is 2.50. The Kier molecular flexibility index (Phi) is 2.59. The Labute approximate surface area is 117 Å². The third kappa shape index (κ3) is 1.77. The number of fused-ring (bicyclic) bond motifs is 3. The Hall–Kier alpha value is -1.74. The maximum absolute atomic E-state index is 4.51. The maximum Gasteiger partial charge on any atom is 0.157 e. The standard InChI is InChI=1S/C16H14N2S/c1-3-7-13-11(5-1)12-6-2-4-8-14(12)15(13)19-16-17-9-10-18-16/h1-8,15H,9-10H2,(H,17,18). The van der Waals surface area contributed by atoms with Crippen LogP contribution in [0.5, 0.6) is 0 Å². The van der Waals surface area contributed by atoms with E-state index < -0.39 is 0 Å². The van der Waals surface area contributed by atoms with Crippen LogP contribution >= 0.6 is 11.8 Å².